The molecular weight excluding hydrogens is 212 g/mol. The molecule has 3 nitrogen and oxygen atoms in total. The van der Waals surface area contributed by atoms with E-state index in [1.54, 1.807) is 0 Å². The third kappa shape index (κ3) is 3.94. The fourth-order valence-corrected chi connectivity index (χ4v) is 3.35. The van der Waals surface area contributed by atoms with E-state index in [0.29, 0.717) is 12.0 Å². The molecule has 0 aromatic rings. The van der Waals surface area contributed by atoms with Crippen molar-refractivity contribution in [3.8, 4) is 0 Å². The Morgan fingerprint density at radius 1 is 1.18 bits per heavy atom. The van der Waals surface area contributed by atoms with E-state index in [9.17, 15) is 5.11 Å². The molecule has 0 bridgehead atoms. The Morgan fingerprint density at radius 2 is 1.65 bits per heavy atom. The van der Waals surface area contributed by atoms with Gasteiger partial charge in [-0.15, -0.1) is 0 Å². The highest BCUT2D eigenvalue weighted by molar-refractivity contribution is 4.91. The Hall–Kier alpha value is -0.120. The van der Waals surface area contributed by atoms with Crippen LogP contribution in [0.1, 0.15) is 47.5 Å². The van der Waals surface area contributed by atoms with Gasteiger partial charge in [0.05, 0.1) is 6.10 Å². The van der Waals surface area contributed by atoms with Crippen molar-refractivity contribution in [2.45, 2.75) is 65.6 Å². The maximum Gasteiger partial charge on any atom is 0.0541 e. The van der Waals surface area contributed by atoms with E-state index in [4.69, 9.17) is 5.73 Å². The standard InChI is InChI=1S/C14H30N2O/c1-10(15)13(14(3,4)5)16-8-6-12(7-9-16)11(2)17/h10-13,17H,6-9,15H2,1-5H3. The lowest BCUT2D eigenvalue weighted by atomic mass is 9.80. The van der Waals surface area contributed by atoms with Gasteiger partial charge in [0.1, 0.15) is 0 Å². The van der Waals surface area contributed by atoms with Gasteiger partial charge in [-0.05, 0) is 51.1 Å². The zero-order chi connectivity index (χ0) is 13.2. The third-order valence-corrected chi connectivity index (χ3v) is 4.04. The van der Waals surface area contributed by atoms with Crippen molar-refractivity contribution in [1.29, 1.82) is 0 Å². The van der Waals surface area contributed by atoms with Crippen molar-refractivity contribution in [3.63, 3.8) is 0 Å². The highest BCUT2D eigenvalue weighted by Crippen LogP contribution is 2.30. The lowest BCUT2D eigenvalue weighted by Gasteiger charge is -2.46. The molecule has 0 aromatic heterocycles. The zero-order valence-corrected chi connectivity index (χ0v) is 12.1. The summed E-state index contributed by atoms with van der Waals surface area (Å²) < 4.78 is 0. The summed E-state index contributed by atoms with van der Waals surface area (Å²) in [6, 6.07) is 0.621. The van der Waals surface area contributed by atoms with Gasteiger partial charge in [-0.1, -0.05) is 20.8 Å². The molecule has 102 valence electrons. The maximum atomic E-state index is 9.63. The number of hydrogen-bond donors (Lipinski definition) is 2. The number of aliphatic hydroxyl groups is 1. The summed E-state index contributed by atoms with van der Waals surface area (Å²) in [5.74, 6) is 0.472. The average molecular weight is 242 g/mol. The molecule has 1 heterocycles. The molecule has 1 rings (SSSR count). The number of nitrogens with two attached hydrogens (primary N) is 1. The van der Waals surface area contributed by atoms with E-state index in [1.807, 2.05) is 6.92 Å². The van der Waals surface area contributed by atoms with Gasteiger partial charge in [-0.25, -0.2) is 0 Å². The first-order valence-electron chi connectivity index (χ1n) is 6.91. The minimum atomic E-state index is -0.166. The van der Waals surface area contributed by atoms with Gasteiger partial charge in [0.15, 0.2) is 0 Å². The van der Waals surface area contributed by atoms with Gasteiger partial charge in [0.25, 0.3) is 0 Å². The van der Waals surface area contributed by atoms with E-state index in [-0.39, 0.29) is 17.6 Å². The van der Waals surface area contributed by atoms with Gasteiger partial charge < -0.3 is 10.8 Å². The number of likely N-dealkylation sites (tertiary alicyclic amines) is 1. The fourth-order valence-electron chi connectivity index (χ4n) is 3.35. The van der Waals surface area contributed by atoms with Crippen molar-refractivity contribution in [3.05, 3.63) is 0 Å². The number of aliphatic hydroxyl groups excluding tert-OH is 1. The third-order valence-electron chi connectivity index (χ3n) is 4.04. The summed E-state index contributed by atoms with van der Waals surface area (Å²) in [5.41, 5.74) is 6.37. The Balaban J connectivity index is 2.62. The van der Waals surface area contributed by atoms with E-state index in [1.165, 1.54) is 0 Å². The average Bonchev–Trinajstić information content (AvgIpc) is 2.15. The van der Waals surface area contributed by atoms with Crippen LogP contribution in [-0.4, -0.2) is 41.3 Å². The molecule has 0 spiro atoms. The van der Waals surface area contributed by atoms with Gasteiger partial charge in [0.2, 0.25) is 0 Å². The first-order chi connectivity index (χ1) is 7.73. The molecular formula is C14H30N2O. The van der Waals surface area contributed by atoms with Crippen molar-refractivity contribution in [1.82, 2.24) is 4.90 Å². The molecule has 1 aliphatic heterocycles. The number of piperidine rings is 1. The van der Waals surface area contributed by atoms with Gasteiger partial charge in [-0.3, -0.25) is 4.90 Å². The second-order valence-corrected chi connectivity index (χ2v) is 6.78. The summed E-state index contributed by atoms with van der Waals surface area (Å²) in [6.07, 6.45) is 2.02. The summed E-state index contributed by atoms with van der Waals surface area (Å²) in [5, 5.41) is 9.63. The van der Waals surface area contributed by atoms with Crippen LogP contribution in [0.25, 0.3) is 0 Å². The van der Waals surface area contributed by atoms with Gasteiger partial charge >= 0.3 is 0 Å². The van der Waals surface area contributed by atoms with E-state index < -0.39 is 0 Å². The molecule has 0 saturated carbocycles. The van der Waals surface area contributed by atoms with Crippen molar-refractivity contribution < 1.29 is 5.11 Å². The van der Waals surface area contributed by atoms with Crippen LogP contribution in [0.5, 0.6) is 0 Å². The number of hydrogen-bond acceptors (Lipinski definition) is 3. The molecule has 17 heavy (non-hydrogen) atoms. The SMILES string of the molecule is CC(N)C(N1CCC(C(C)O)CC1)C(C)(C)C. The maximum absolute atomic E-state index is 9.63. The Bertz CT molecular complexity index is 225. The van der Waals surface area contributed by atoms with Gasteiger partial charge in [0, 0.05) is 12.1 Å². The Morgan fingerprint density at radius 3 is 1.94 bits per heavy atom. The van der Waals surface area contributed by atoms with Crippen LogP contribution in [0.3, 0.4) is 0 Å². The molecule has 3 heteroatoms. The van der Waals surface area contributed by atoms with Crippen LogP contribution in [-0.2, 0) is 0 Å². The minimum absolute atomic E-state index is 0.166. The monoisotopic (exact) mass is 242 g/mol. The normalized spacial score (nSPS) is 25.6. The molecule has 3 atom stereocenters. The molecule has 0 aliphatic carbocycles. The minimum Gasteiger partial charge on any atom is -0.393 e. The summed E-state index contributed by atoms with van der Waals surface area (Å²) >= 11 is 0. The topological polar surface area (TPSA) is 49.5 Å². The van der Waals surface area contributed by atoms with Gasteiger partial charge in [-0.2, -0.15) is 0 Å². The van der Waals surface area contributed by atoms with Crippen molar-refractivity contribution >= 4 is 0 Å². The predicted molar refractivity (Wildman–Crippen MR) is 72.9 cm³/mol. The van der Waals surface area contributed by atoms with Crippen LogP contribution >= 0.6 is 0 Å². The van der Waals surface area contributed by atoms with Crippen LogP contribution in [0.15, 0.2) is 0 Å². The van der Waals surface area contributed by atoms with Crippen LogP contribution in [0.2, 0.25) is 0 Å². The largest absolute Gasteiger partial charge is 0.393 e. The Kier molecular flexibility index (Phi) is 4.99. The zero-order valence-electron chi connectivity index (χ0n) is 12.1. The summed E-state index contributed by atoms with van der Waals surface area (Å²) in [6.45, 7) is 13.0. The molecule has 3 N–H and O–H groups in total. The smallest absolute Gasteiger partial charge is 0.0541 e. The van der Waals surface area contributed by atoms with Crippen LogP contribution in [0, 0.1) is 11.3 Å². The number of rotatable bonds is 3. The van der Waals surface area contributed by atoms with E-state index >= 15 is 0 Å². The second kappa shape index (κ2) is 5.68. The Labute approximate surface area is 106 Å². The fraction of sp³-hybridized carbons (Fsp3) is 1.00. The molecule has 1 fully saturated rings. The lowest BCUT2D eigenvalue weighted by molar-refractivity contribution is 0.0195. The van der Waals surface area contributed by atoms with E-state index in [2.05, 4.69) is 32.6 Å². The molecule has 1 aliphatic rings. The molecule has 0 radical (unpaired) electrons. The molecule has 0 aromatic carbocycles. The summed E-state index contributed by atoms with van der Waals surface area (Å²) in [7, 11) is 0. The second-order valence-electron chi connectivity index (χ2n) is 6.78. The van der Waals surface area contributed by atoms with Crippen LogP contribution in [0.4, 0.5) is 0 Å². The first kappa shape index (κ1) is 14.9. The molecule has 0 amide bonds. The first-order valence-corrected chi connectivity index (χ1v) is 6.91. The van der Waals surface area contributed by atoms with E-state index in [0.717, 1.165) is 25.9 Å². The highest BCUT2D eigenvalue weighted by atomic mass is 16.3. The molecule has 1 saturated heterocycles. The summed E-state index contributed by atoms with van der Waals surface area (Å²) in [4.78, 5) is 2.52. The predicted octanol–water partition coefficient (Wildman–Crippen LogP) is 1.84. The molecule has 3 unspecified atom stereocenters. The van der Waals surface area contributed by atoms with Crippen molar-refractivity contribution in [2.75, 3.05) is 13.1 Å². The number of nitrogens with zero attached hydrogens (tertiary/aromatic N) is 1. The highest BCUT2D eigenvalue weighted by Gasteiger charge is 2.35. The van der Waals surface area contributed by atoms with Crippen molar-refractivity contribution in [2.24, 2.45) is 17.1 Å². The van der Waals surface area contributed by atoms with Crippen LogP contribution < -0.4 is 5.73 Å². The quantitative estimate of drug-likeness (QED) is 0.794. The lowest BCUT2D eigenvalue weighted by Crippen LogP contribution is -2.56.